The number of anilines is 3. The van der Waals surface area contributed by atoms with E-state index in [1.54, 1.807) is 25.3 Å². The highest BCUT2D eigenvalue weighted by Gasteiger charge is 2.33. The fourth-order valence-corrected chi connectivity index (χ4v) is 3.39. The minimum Gasteiger partial charge on any atom is -0.493 e. The lowest BCUT2D eigenvalue weighted by Crippen LogP contribution is -2.21. The van der Waals surface area contributed by atoms with Crippen molar-refractivity contribution in [2.45, 2.75) is 25.4 Å². The Hall–Kier alpha value is -2.68. The Morgan fingerprint density at radius 2 is 1.83 bits per heavy atom. The topological polar surface area (TPSA) is 58.6 Å². The van der Waals surface area contributed by atoms with Crippen LogP contribution in [-0.4, -0.2) is 50.3 Å². The zero-order valence-electron chi connectivity index (χ0n) is 17.2. The van der Waals surface area contributed by atoms with Gasteiger partial charge < -0.3 is 25.0 Å². The van der Waals surface area contributed by atoms with Gasteiger partial charge in [0.15, 0.2) is 11.5 Å². The summed E-state index contributed by atoms with van der Waals surface area (Å²) >= 11 is 0. The third kappa shape index (κ3) is 5.91. The molecule has 0 saturated carbocycles. The summed E-state index contributed by atoms with van der Waals surface area (Å²) in [6, 6.07) is 7.66. The van der Waals surface area contributed by atoms with E-state index in [4.69, 9.17) is 9.47 Å². The summed E-state index contributed by atoms with van der Waals surface area (Å²) in [5.41, 5.74) is -0.109. The Bertz CT molecular complexity index is 839. The first-order valence-corrected chi connectivity index (χ1v) is 9.96. The van der Waals surface area contributed by atoms with Crippen LogP contribution in [0, 0.1) is 0 Å². The summed E-state index contributed by atoms with van der Waals surface area (Å²) < 4.78 is 50.6. The summed E-state index contributed by atoms with van der Waals surface area (Å²) in [7, 11) is 3.07. The molecule has 6 nitrogen and oxygen atoms in total. The second-order valence-electron chi connectivity index (χ2n) is 7.12. The van der Waals surface area contributed by atoms with Crippen LogP contribution in [0.4, 0.5) is 30.4 Å². The van der Waals surface area contributed by atoms with Gasteiger partial charge in [-0.05, 0) is 50.6 Å². The van der Waals surface area contributed by atoms with Gasteiger partial charge in [0.05, 0.1) is 13.7 Å². The molecule has 9 heteroatoms. The first kappa shape index (κ1) is 22.0. The van der Waals surface area contributed by atoms with E-state index >= 15 is 0 Å². The van der Waals surface area contributed by atoms with Crippen molar-refractivity contribution in [3.8, 4) is 11.5 Å². The van der Waals surface area contributed by atoms with E-state index in [2.05, 4.69) is 20.5 Å². The van der Waals surface area contributed by atoms with Crippen LogP contribution in [0.5, 0.6) is 11.5 Å². The van der Waals surface area contributed by atoms with Gasteiger partial charge in [-0.15, -0.1) is 0 Å². The lowest BCUT2D eigenvalue weighted by molar-refractivity contribution is -0.141. The van der Waals surface area contributed by atoms with E-state index in [-0.39, 0.29) is 11.5 Å². The van der Waals surface area contributed by atoms with Crippen LogP contribution in [0.2, 0.25) is 0 Å². The van der Waals surface area contributed by atoms with Gasteiger partial charge in [-0.3, -0.25) is 0 Å². The molecular formula is C21H27F3N4O2. The number of rotatable bonds is 9. The second kappa shape index (κ2) is 9.88. The fraction of sp³-hybridized carbons (Fsp3) is 0.476. The first-order valence-electron chi connectivity index (χ1n) is 9.96. The zero-order chi connectivity index (χ0) is 21.6. The number of ether oxygens (including phenoxy) is 2. The molecule has 0 aliphatic carbocycles. The smallest absolute Gasteiger partial charge is 0.433 e. The number of alkyl halides is 3. The fourth-order valence-electron chi connectivity index (χ4n) is 3.39. The minimum absolute atomic E-state index is 0.124. The van der Waals surface area contributed by atoms with E-state index in [9.17, 15) is 13.2 Å². The molecule has 0 unspecified atom stereocenters. The molecule has 164 valence electrons. The highest BCUT2D eigenvalue weighted by Crippen LogP contribution is 2.34. The largest absolute Gasteiger partial charge is 0.493 e. The molecule has 30 heavy (non-hydrogen) atoms. The number of hydrogen-bond acceptors (Lipinski definition) is 6. The summed E-state index contributed by atoms with van der Waals surface area (Å²) in [4.78, 5) is 5.98. The maximum Gasteiger partial charge on any atom is 0.433 e. The maximum atomic E-state index is 13.1. The number of likely N-dealkylation sites (tertiary alicyclic amines) is 1. The van der Waals surface area contributed by atoms with Crippen LogP contribution in [0.1, 0.15) is 25.0 Å². The average molecular weight is 424 g/mol. The molecule has 0 spiro atoms. The van der Waals surface area contributed by atoms with Gasteiger partial charge in [0, 0.05) is 37.1 Å². The molecule has 1 aliphatic rings. The lowest BCUT2D eigenvalue weighted by atomic mass is 10.2. The summed E-state index contributed by atoms with van der Waals surface area (Å²) in [6.07, 6.45) is -1.14. The van der Waals surface area contributed by atoms with Crippen LogP contribution < -0.4 is 20.1 Å². The van der Waals surface area contributed by atoms with Crippen molar-refractivity contribution >= 4 is 17.2 Å². The number of benzene rings is 1. The number of aromatic nitrogens is 1. The lowest BCUT2D eigenvalue weighted by Gasteiger charge is -2.17. The second-order valence-corrected chi connectivity index (χ2v) is 7.12. The van der Waals surface area contributed by atoms with Crippen LogP contribution in [0.25, 0.3) is 0 Å². The van der Waals surface area contributed by atoms with E-state index < -0.39 is 11.9 Å². The Kier molecular flexibility index (Phi) is 7.25. The van der Waals surface area contributed by atoms with Crippen molar-refractivity contribution in [1.82, 2.24) is 9.88 Å². The normalized spacial score (nSPS) is 14.6. The van der Waals surface area contributed by atoms with Crippen LogP contribution in [-0.2, 0) is 6.18 Å². The standard InChI is InChI=1S/C21H27F3N4O2/c1-25-20-14-16(13-19(27-20)21(22,23)24)26-15-6-7-17(29-2)18(12-15)30-11-5-10-28-8-3-4-9-28/h6-7,12-14H,3-5,8-11H2,1-2H3,(H2,25,26,27). The maximum absolute atomic E-state index is 13.1. The first-order chi connectivity index (χ1) is 14.4. The minimum atomic E-state index is -4.53. The number of hydrogen-bond donors (Lipinski definition) is 2. The predicted molar refractivity (Wildman–Crippen MR) is 111 cm³/mol. The Labute approximate surface area is 174 Å². The van der Waals surface area contributed by atoms with Crippen molar-refractivity contribution < 1.29 is 22.6 Å². The van der Waals surface area contributed by atoms with E-state index in [0.29, 0.717) is 23.8 Å². The Morgan fingerprint density at radius 1 is 1.07 bits per heavy atom. The van der Waals surface area contributed by atoms with Crippen molar-refractivity contribution in [2.75, 3.05) is 51.0 Å². The van der Waals surface area contributed by atoms with Crippen LogP contribution in [0.15, 0.2) is 30.3 Å². The van der Waals surface area contributed by atoms with Crippen LogP contribution >= 0.6 is 0 Å². The van der Waals surface area contributed by atoms with Crippen molar-refractivity contribution in [2.24, 2.45) is 0 Å². The Balaban J connectivity index is 1.69. The van der Waals surface area contributed by atoms with Crippen molar-refractivity contribution in [3.05, 3.63) is 36.0 Å². The molecule has 1 aromatic heterocycles. The van der Waals surface area contributed by atoms with E-state index in [1.807, 2.05) is 0 Å². The monoisotopic (exact) mass is 424 g/mol. The highest BCUT2D eigenvalue weighted by atomic mass is 19.4. The average Bonchev–Trinajstić information content (AvgIpc) is 3.24. The zero-order valence-corrected chi connectivity index (χ0v) is 17.2. The molecular weight excluding hydrogens is 397 g/mol. The third-order valence-corrected chi connectivity index (χ3v) is 4.90. The SMILES string of the molecule is CNc1cc(Nc2ccc(OC)c(OCCCN3CCCC3)c2)cc(C(F)(F)F)n1. The third-order valence-electron chi connectivity index (χ3n) is 4.90. The highest BCUT2D eigenvalue weighted by molar-refractivity contribution is 5.66. The molecule has 1 saturated heterocycles. The number of pyridine rings is 1. The predicted octanol–water partition coefficient (Wildman–Crippen LogP) is 4.76. The molecule has 1 aromatic carbocycles. The molecule has 2 heterocycles. The number of halogens is 3. The molecule has 2 N–H and O–H groups in total. The molecule has 1 aliphatic heterocycles. The summed E-state index contributed by atoms with van der Waals surface area (Å²) in [6.45, 7) is 3.81. The Morgan fingerprint density at radius 3 is 2.50 bits per heavy atom. The van der Waals surface area contributed by atoms with Gasteiger partial charge in [0.2, 0.25) is 0 Å². The number of nitrogens with one attached hydrogen (secondary N) is 2. The molecule has 3 rings (SSSR count). The van der Waals surface area contributed by atoms with Gasteiger partial charge in [0.25, 0.3) is 0 Å². The van der Waals surface area contributed by atoms with E-state index in [0.717, 1.165) is 32.1 Å². The van der Waals surface area contributed by atoms with Gasteiger partial charge in [-0.1, -0.05) is 0 Å². The molecule has 1 fully saturated rings. The van der Waals surface area contributed by atoms with E-state index in [1.165, 1.54) is 26.0 Å². The number of methoxy groups -OCH3 is 1. The molecule has 0 amide bonds. The summed E-state index contributed by atoms with van der Waals surface area (Å²) in [5.74, 6) is 1.24. The molecule has 0 bridgehead atoms. The van der Waals surface area contributed by atoms with Gasteiger partial charge in [-0.25, -0.2) is 4.98 Å². The molecule has 0 radical (unpaired) electrons. The van der Waals surface area contributed by atoms with Crippen molar-refractivity contribution in [1.29, 1.82) is 0 Å². The van der Waals surface area contributed by atoms with Gasteiger partial charge >= 0.3 is 6.18 Å². The molecule has 0 atom stereocenters. The quantitative estimate of drug-likeness (QED) is 0.566. The molecule has 2 aromatic rings. The summed E-state index contributed by atoms with van der Waals surface area (Å²) in [5, 5.41) is 5.65. The van der Waals surface area contributed by atoms with Crippen LogP contribution in [0.3, 0.4) is 0 Å². The number of nitrogens with zero attached hydrogens (tertiary/aromatic N) is 2. The van der Waals surface area contributed by atoms with Crippen molar-refractivity contribution in [3.63, 3.8) is 0 Å². The van der Waals surface area contributed by atoms with Gasteiger partial charge in [0.1, 0.15) is 11.5 Å². The van der Waals surface area contributed by atoms with Gasteiger partial charge in [-0.2, -0.15) is 13.2 Å².